The number of benzene rings is 1. The molecule has 0 aliphatic heterocycles. The minimum atomic E-state index is -0.222. The summed E-state index contributed by atoms with van der Waals surface area (Å²) in [6, 6.07) is 9.20. The minimum Gasteiger partial charge on any atom is -0.286 e. The van der Waals surface area contributed by atoms with Crippen molar-refractivity contribution in [3.05, 3.63) is 35.4 Å². The van der Waals surface area contributed by atoms with E-state index < -0.39 is 0 Å². The number of rotatable bonds is 5. The van der Waals surface area contributed by atoms with Gasteiger partial charge in [0.1, 0.15) is 0 Å². The highest BCUT2D eigenvalue weighted by atomic mass is 16.5. The molecule has 0 spiro atoms. The van der Waals surface area contributed by atoms with Gasteiger partial charge in [-0.05, 0) is 41.9 Å². The van der Waals surface area contributed by atoms with Crippen LogP contribution in [0.15, 0.2) is 18.2 Å². The fourth-order valence-corrected chi connectivity index (χ4v) is 3.11. The molecular formula is C18H26NO2. The van der Waals surface area contributed by atoms with Crippen LogP contribution >= 0.6 is 0 Å². The van der Waals surface area contributed by atoms with E-state index in [9.17, 15) is 10.0 Å². The second-order valence-corrected chi connectivity index (χ2v) is 6.49. The molecule has 3 heteroatoms. The van der Waals surface area contributed by atoms with Gasteiger partial charge in [0.2, 0.25) is 5.91 Å². The van der Waals surface area contributed by atoms with Crippen molar-refractivity contribution >= 4 is 5.91 Å². The van der Waals surface area contributed by atoms with Crippen LogP contribution in [0, 0.1) is 12.0 Å². The number of hydrogen-bond acceptors (Lipinski definition) is 2. The van der Waals surface area contributed by atoms with Gasteiger partial charge in [0.05, 0.1) is 13.0 Å². The molecule has 1 aliphatic carbocycles. The van der Waals surface area contributed by atoms with Crippen LogP contribution in [0.1, 0.15) is 63.0 Å². The zero-order chi connectivity index (χ0) is 15.2. The van der Waals surface area contributed by atoms with E-state index in [-0.39, 0.29) is 18.2 Å². The molecule has 1 N–H and O–H groups in total. The standard InChI is InChI=1S/C18H26NO2/c1-14(2)13-19(21)18(20)12-16-10-6-7-11-17(16)15-8-4-3-5-9-15/h6-7,10,14-15,21H,3-5,8-9,12-13H2,1-2H3. The number of nitrogens with zero attached hydrogens (tertiary/aromatic N) is 1. The van der Waals surface area contributed by atoms with Crippen molar-refractivity contribution in [2.75, 3.05) is 6.54 Å². The molecule has 0 unspecified atom stereocenters. The van der Waals surface area contributed by atoms with Crippen LogP contribution in [0.5, 0.6) is 0 Å². The summed E-state index contributed by atoms with van der Waals surface area (Å²) in [4.78, 5) is 12.1. The van der Waals surface area contributed by atoms with Crippen LogP contribution in [-0.4, -0.2) is 22.7 Å². The van der Waals surface area contributed by atoms with Crippen molar-refractivity contribution in [1.82, 2.24) is 5.06 Å². The first-order valence-electron chi connectivity index (χ1n) is 8.06. The Morgan fingerprint density at radius 3 is 2.76 bits per heavy atom. The van der Waals surface area contributed by atoms with E-state index in [1.54, 1.807) is 0 Å². The van der Waals surface area contributed by atoms with Gasteiger partial charge in [-0.2, -0.15) is 0 Å². The van der Waals surface area contributed by atoms with E-state index in [1.165, 1.54) is 37.7 Å². The summed E-state index contributed by atoms with van der Waals surface area (Å²) >= 11 is 0. The predicted octanol–water partition coefficient (Wildman–Crippen LogP) is 3.95. The smallest absolute Gasteiger partial charge is 0.250 e. The Labute approximate surface area is 127 Å². The Morgan fingerprint density at radius 1 is 1.38 bits per heavy atom. The zero-order valence-electron chi connectivity index (χ0n) is 13.1. The lowest BCUT2D eigenvalue weighted by Crippen LogP contribution is -2.32. The fraction of sp³-hybridized carbons (Fsp3) is 0.611. The van der Waals surface area contributed by atoms with Crippen LogP contribution in [0.3, 0.4) is 0 Å². The average Bonchev–Trinajstić information content (AvgIpc) is 2.48. The van der Waals surface area contributed by atoms with E-state index in [0.717, 1.165) is 10.6 Å². The van der Waals surface area contributed by atoms with Gasteiger partial charge < -0.3 is 0 Å². The second-order valence-electron chi connectivity index (χ2n) is 6.49. The summed E-state index contributed by atoms with van der Waals surface area (Å²) in [5, 5.41) is 10.7. The Morgan fingerprint density at radius 2 is 2.10 bits per heavy atom. The number of carbonyl (C=O) groups is 1. The SMILES string of the molecule is CC(C)CN(O)C(=O)Cc1ccc[c]c1C1CCCCC1. The van der Waals surface area contributed by atoms with Gasteiger partial charge >= 0.3 is 0 Å². The molecule has 2 rings (SSSR count). The van der Waals surface area contributed by atoms with Crippen LogP contribution < -0.4 is 0 Å². The molecule has 1 fully saturated rings. The second kappa shape index (κ2) is 7.60. The van der Waals surface area contributed by atoms with Crippen molar-refractivity contribution in [2.24, 2.45) is 5.92 Å². The lowest BCUT2D eigenvalue weighted by Gasteiger charge is -2.24. The molecule has 1 aliphatic rings. The molecule has 1 radical (unpaired) electrons. The first-order valence-corrected chi connectivity index (χ1v) is 8.06. The van der Waals surface area contributed by atoms with Crippen LogP contribution in [0.25, 0.3) is 0 Å². The molecule has 0 saturated heterocycles. The molecule has 1 amide bonds. The first kappa shape index (κ1) is 16.0. The van der Waals surface area contributed by atoms with Crippen LogP contribution in [0.4, 0.5) is 0 Å². The topological polar surface area (TPSA) is 40.5 Å². The zero-order valence-corrected chi connectivity index (χ0v) is 13.1. The maximum atomic E-state index is 12.1. The number of carbonyl (C=O) groups excluding carboxylic acids is 1. The van der Waals surface area contributed by atoms with E-state index in [4.69, 9.17) is 0 Å². The Balaban J connectivity index is 2.07. The maximum absolute atomic E-state index is 12.1. The molecule has 0 atom stereocenters. The highest BCUT2D eigenvalue weighted by Gasteiger charge is 2.21. The number of hydroxylamine groups is 2. The van der Waals surface area contributed by atoms with Crippen molar-refractivity contribution in [2.45, 2.75) is 58.3 Å². The highest BCUT2D eigenvalue weighted by Crippen LogP contribution is 2.34. The largest absolute Gasteiger partial charge is 0.286 e. The highest BCUT2D eigenvalue weighted by molar-refractivity contribution is 5.78. The van der Waals surface area contributed by atoms with E-state index in [2.05, 4.69) is 6.07 Å². The summed E-state index contributed by atoms with van der Waals surface area (Å²) < 4.78 is 0. The molecule has 21 heavy (non-hydrogen) atoms. The Hall–Kier alpha value is -1.35. The monoisotopic (exact) mass is 288 g/mol. The summed E-state index contributed by atoms with van der Waals surface area (Å²) in [6.07, 6.45) is 6.50. The van der Waals surface area contributed by atoms with Crippen LogP contribution in [-0.2, 0) is 11.2 Å². The predicted molar refractivity (Wildman–Crippen MR) is 83.1 cm³/mol. The molecule has 1 saturated carbocycles. The Bertz CT molecular complexity index is 464. The van der Waals surface area contributed by atoms with Crippen molar-refractivity contribution in [3.8, 4) is 0 Å². The van der Waals surface area contributed by atoms with Crippen molar-refractivity contribution in [3.63, 3.8) is 0 Å². The molecule has 115 valence electrons. The van der Waals surface area contributed by atoms with E-state index >= 15 is 0 Å². The van der Waals surface area contributed by atoms with Gasteiger partial charge in [-0.1, -0.05) is 51.3 Å². The average molecular weight is 288 g/mol. The van der Waals surface area contributed by atoms with Crippen LogP contribution in [0.2, 0.25) is 0 Å². The molecule has 0 heterocycles. The van der Waals surface area contributed by atoms with Gasteiger partial charge in [0.15, 0.2) is 0 Å². The van der Waals surface area contributed by atoms with Gasteiger partial charge in [0.25, 0.3) is 0 Å². The van der Waals surface area contributed by atoms with Crippen molar-refractivity contribution < 1.29 is 10.0 Å². The summed E-state index contributed by atoms with van der Waals surface area (Å²) in [7, 11) is 0. The Kier molecular flexibility index (Phi) is 5.80. The molecule has 0 bridgehead atoms. The third-order valence-corrected chi connectivity index (χ3v) is 4.16. The third kappa shape index (κ3) is 4.57. The van der Waals surface area contributed by atoms with Gasteiger partial charge in [-0.3, -0.25) is 10.0 Å². The molecule has 1 aromatic carbocycles. The van der Waals surface area contributed by atoms with E-state index in [1.807, 2.05) is 32.0 Å². The number of amides is 1. The van der Waals surface area contributed by atoms with Gasteiger partial charge in [-0.25, -0.2) is 5.06 Å². The van der Waals surface area contributed by atoms with Crippen molar-refractivity contribution in [1.29, 1.82) is 0 Å². The molecule has 1 aromatic rings. The van der Waals surface area contributed by atoms with E-state index in [0.29, 0.717) is 12.5 Å². The third-order valence-electron chi connectivity index (χ3n) is 4.16. The molecule has 0 aromatic heterocycles. The lowest BCUT2D eigenvalue weighted by molar-refractivity contribution is -0.166. The van der Waals surface area contributed by atoms with Gasteiger partial charge in [0, 0.05) is 0 Å². The van der Waals surface area contributed by atoms with Gasteiger partial charge in [-0.15, -0.1) is 0 Å². The molecular weight excluding hydrogens is 262 g/mol. The molecule has 3 nitrogen and oxygen atoms in total. The fourth-order valence-electron chi connectivity index (χ4n) is 3.11. The maximum Gasteiger partial charge on any atom is 0.250 e. The summed E-state index contributed by atoms with van der Waals surface area (Å²) in [5.74, 6) is 0.569. The summed E-state index contributed by atoms with van der Waals surface area (Å²) in [6.45, 7) is 4.36. The summed E-state index contributed by atoms with van der Waals surface area (Å²) in [5.41, 5.74) is 2.21. The lowest BCUT2D eigenvalue weighted by atomic mass is 9.81. The minimum absolute atomic E-state index is 0.222. The normalized spacial score (nSPS) is 16.2. The first-order chi connectivity index (χ1) is 10.1. The number of hydrogen-bond donors (Lipinski definition) is 1. The quantitative estimate of drug-likeness (QED) is 0.658.